The van der Waals surface area contributed by atoms with Gasteiger partial charge in [0.25, 0.3) is 0 Å². The van der Waals surface area contributed by atoms with E-state index in [-0.39, 0.29) is 24.5 Å². The van der Waals surface area contributed by atoms with Crippen LogP contribution in [0.25, 0.3) is 6.08 Å². The van der Waals surface area contributed by atoms with Crippen LogP contribution in [0.5, 0.6) is 5.75 Å². The topological polar surface area (TPSA) is 170 Å². The standard InChI is InChI=1S/C20H23NO9/c21-8-7-13(10-28-16(24)6-3-12-1-4-14(23)5-2-12)11-29-20-19(27)18(26)17(25)15(9-22)30-20/h1-7,15,17-20,22-23,25-27H,9-11H2/b6-3+,13-7-/t15-,17-,18+,19-,20-/m1/s1. The van der Waals surface area contributed by atoms with Gasteiger partial charge in [-0.1, -0.05) is 12.1 Å². The van der Waals surface area contributed by atoms with Crippen molar-refractivity contribution in [1.29, 1.82) is 5.26 Å². The quantitative estimate of drug-likeness (QED) is 0.204. The van der Waals surface area contributed by atoms with Crippen LogP contribution in [0.4, 0.5) is 0 Å². The Hall–Kier alpha value is -2.78. The summed E-state index contributed by atoms with van der Waals surface area (Å²) in [7, 11) is 0. The summed E-state index contributed by atoms with van der Waals surface area (Å²) in [5.74, 6) is -0.583. The number of benzene rings is 1. The van der Waals surface area contributed by atoms with Gasteiger partial charge < -0.3 is 39.7 Å². The number of hydrogen-bond donors (Lipinski definition) is 5. The fourth-order valence-electron chi connectivity index (χ4n) is 2.57. The van der Waals surface area contributed by atoms with E-state index in [1.54, 1.807) is 18.2 Å². The van der Waals surface area contributed by atoms with Crippen LogP contribution < -0.4 is 0 Å². The highest BCUT2D eigenvalue weighted by Gasteiger charge is 2.44. The number of nitrogens with zero attached hydrogens (tertiary/aromatic N) is 1. The van der Waals surface area contributed by atoms with Gasteiger partial charge in [0, 0.05) is 17.7 Å². The van der Waals surface area contributed by atoms with E-state index in [4.69, 9.17) is 19.5 Å². The average molecular weight is 421 g/mol. The smallest absolute Gasteiger partial charge is 0.331 e. The van der Waals surface area contributed by atoms with Gasteiger partial charge in [-0.15, -0.1) is 0 Å². The summed E-state index contributed by atoms with van der Waals surface area (Å²) in [6.45, 7) is -1.15. The molecule has 0 aliphatic carbocycles. The van der Waals surface area contributed by atoms with Gasteiger partial charge in [0.2, 0.25) is 0 Å². The van der Waals surface area contributed by atoms with Crippen LogP contribution in [0.15, 0.2) is 42.0 Å². The second-order valence-electron chi connectivity index (χ2n) is 6.47. The van der Waals surface area contributed by atoms with E-state index >= 15 is 0 Å². The van der Waals surface area contributed by atoms with Crippen LogP contribution in [-0.2, 0) is 19.0 Å². The number of aliphatic hydroxyl groups excluding tert-OH is 4. The van der Waals surface area contributed by atoms with Gasteiger partial charge in [-0.3, -0.25) is 0 Å². The van der Waals surface area contributed by atoms with Crippen molar-refractivity contribution in [2.75, 3.05) is 19.8 Å². The highest BCUT2D eigenvalue weighted by molar-refractivity contribution is 5.87. The summed E-state index contributed by atoms with van der Waals surface area (Å²) in [6.07, 6.45) is -3.42. The highest BCUT2D eigenvalue weighted by Crippen LogP contribution is 2.22. The zero-order chi connectivity index (χ0) is 22.1. The molecule has 0 bridgehead atoms. The molecule has 0 aromatic heterocycles. The maximum atomic E-state index is 11.8. The summed E-state index contributed by atoms with van der Waals surface area (Å²) in [4.78, 5) is 11.8. The largest absolute Gasteiger partial charge is 0.508 e. The van der Waals surface area contributed by atoms with Crippen molar-refractivity contribution >= 4 is 12.0 Å². The van der Waals surface area contributed by atoms with Crippen LogP contribution in [0, 0.1) is 11.3 Å². The van der Waals surface area contributed by atoms with Crippen LogP contribution in [0.2, 0.25) is 0 Å². The van der Waals surface area contributed by atoms with E-state index in [0.717, 1.165) is 6.08 Å². The number of aliphatic hydroxyl groups is 4. The Balaban J connectivity index is 1.87. The number of rotatable bonds is 8. The van der Waals surface area contributed by atoms with E-state index in [0.29, 0.717) is 5.56 Å². The Morgan fingerprint density at radius 1 is 1.13 bits per heavy atom. The number of nitriles is 1. The van der Waals surface area contributed by atoms with Gasteiger partial charge in [-0.25, -0.2) is 4.79 Å². The third-order valence-electron chi connectivity index (χ3n) is 4.25. The minimum atomic E-state index is -1.59. The molecule has 1 saturated heterocycles. The first-order valence-electron chi connectivity index (χ1n) is 8.99. The van der Waals surface area contributed by atoms with Gasteiger partial charge >= 0.3 is 5.97 Å². The zero-order valence-electron chi connectivity index (χ0n) is 15.9. The lowest BCUT2D eigenvalue weighted by molar-refractivity contribution is -0.299. The molecule has 1 aliphatic heterocycles. The molecule has 1 heterocycles. The predicted molar refractivity (Wildman–Crippen MR) is 102 cm³/mol. The minimum Gasteiger partial charge on any atom is -0.508 e. The fourth-order valence-corrected chi connectivity index (χ4v) is 2.57. The molecule has 1 aromatic carbocycles. The summed E-state index contributed by atoms with van der Waals surface area (Å²) in [5, 5.41) is 56.7. The Morgan fingerprint density at radius 3 is 2.47 bits per heavy atom. The number of carbonyl (C=O) groups is 1. The average Bonchev–Trinajstić information content (AvgIpc) is 2.74. The molecule has 0 unspecified atom stereocenters. The maximum Gasteiger partial charge on any atom is 0.331 e. The normalized spacial score (nSPS) is 27.0. The Labute approximate surface area is 172 Å². The van der Waals surface area contributed by atoms with Gasteiger partial charge in [0.05, 0.1) is 19.3 Å². The molecule has 0 radical (unpaired) electrons. The van der Waals surface area contributed by atoms with E-state index in [9.17, 15) is 30.3 Å². The van der Waals surface area contributed by atoms with Crippen molar-refractivity contribution in [2.24, 2.45) is 0 Å². The minimum absolute atomic E-state index is 0.0976. The van der Waals surface area contributed by atoms with Crippen LogP contribution >= 0.6 is 0 Å². The predicted octanol–water partition coefficient (Wildman–Crippen LogP) is -0.785. The summed E-state index contributed by atoms with van der Waals surface area (Å²) in [6, 6.07) is 7.93. The Kier molecular flexibility index (Phi) is 8.94. The molecule has 5 atom stereocenters. The number of phenolic OH excluding ortho intramolecular Hbond substituents is 1. The molecule has 1 fully saturated rings. The van der Waals surface area contributed by atoms with Crippen LogP contribution in [0.1, 0.15) is 5.56 Å². The lowest BCUT2D eigenvalue weighted by Gasteiger charge is -2.39. The Bertz CT molecular complexity index is 797. The summed E-state index contributed by atoms with van der Waals surface area (Å²) in [5.41, 5.74) is 0.921. The van der Waals surface area contributed by atoms with Crippen molar-refractivity contribution in [3.63, 3.8) is 0 Å². The molecular formula is C20H23NO9. The number of carbonyl (C=O) groups excluding carboxylic acids is 1. The monoisotopic (exact) mass is 421 g/mol. The van der Waals surface area contributed by atoms with Crippen molar-refractivity contribution in [3.8, 4) is 11.8 Å². The molecule has 1 aromatic rings. The molecule has 5 N–H and O–H groups in total. The first kappa shape index (κ1) is 23.5. The molecule has 10 heteroatoms. The second-order valence-corrected chi connectivity index (χ2v) is 6.47. The van der Waals surface area contributed by atoms with Crippen molar-refractivity contribution in [2.45, 2.75) is 30.7 Å². The van der Waals surface area contributed by atoms with E-state index in [2.05, 4.69) is 0 Å². The molecule has 2 rings (SSSR count). The number of hydrogen-bond acceptors (Lipinski definition) is 10. The van der Waals surface area contributed by atoms with E-state index in [1.807, 2.05) is 0 Å². The van der Waals surface area contributed by atoms with Gasteiger partial charge in [0.1, 0.15) is 36.8 Å². The third-order valence-corrected chi connectivity index (χ3v) is 4.25. The van der Waals surface area contributed by atoms with Crippen LogP contribution in [-0.4, -0.2) is 82.0 Å². The van der Waals surface area contributed by atoms with Crippen LogP contribution in [0.3, 0.4) is 0 Å². The maximum absolute atomic E-state index is 11.8. The summed E-state index contributed by atoms with van der Waals surface area (Å²) < 4.78 is 15.6. The van der Waals surface area contributed by atoms with Gasteiger partial charge in [-0.05, 0) is 23.8 Å². The van der Waals surface area contributed by atoms with Gasteiger partial charge in [-0.2, -0.15) is 5.26 Å². The lowest BCUT2D eigenvalue weighted by atomic mass is 9.99. The number of esters is 1. The molecule has 0 saturated carbocycles. The Morgan fingerprint density at radius 2 is 1.83 bits per heavy atom. The number of ether oxygens (including phenoxy) is 3. The molecular weight excluding hydrogens is 398 g/mol. The molecule has 0 spiro atoms. The zero-order valence-corrected chi connectivity index (χ0v) is 15.9. The second kappa shape index (κ2) is 11.4. The fraction of sp³-hybridized carbons (Fsp3) is 0.400. The lowest BCUT2D eigenvalue weighted by Crippen LogP contribution is -2.59. The van der Waals surface area contributed by atoms with E-state index in [1.165, 1.54) is 24.3 Å². The van der Waals surface area contributed by atoms with Crippen molar-refractivity contribution < 1.29 is 44.5 Å². The molecule has 162 valence electrons. The van der Waals surface area contributed by atoms with Crippen molar-refractivity contribution in [1.82, 2.24) is 0 Å². The number of allylic oxidation sites excluding steroid dienone is 1. The third kappa shape index (κ3) is 6.64. The molecule has 0 amide bonds. The molecule has 10 nitrogen and oxygen atoms in total. The molecule has 30 heavy (non-hydrogen) atoms. The SMILES string of the molecule is N#C/C=C(/COC(=O)/C=C/c1ccc(O)cc1)CO[C@@H]1O[C@H](CO)[C@@H](O)[C@H](O)[C@H]1O. The van der Waals surface area contributed by atoms with Gasteiger partial charge in [0.15, 0.2) is 6.29 Å². The highest BCUT2D eigenvalue weighted by atomic mass is 16.7. The number of aromatic hydroxyl groups is 1. The van der Waals surface area contributed by atoms with Crippen molar-refractivity contribution in [3.05, 3.63) is 47.6 Å². The number of phenols is 1. The summed E-state index contributed by atoms with van der Waals surface area (Å²) >= 11 is 0. The van der Waals surface area contributed by atoms with E-state index < -0.39 is 43.3 Å². The first-order valence-corrected chi connectivity index (χ1v) is 8.99. The molecule has 1 aliphatic rings. The first-order chi connectivity index (χ1) is 14.3.